The molecule has 0 radical (unpaired) electrons. The van der Waals surface area contributed by atoms with Crippen molar-refractivity contribution in [1.29, 1.82) is 0 Å². The van der Waals surface area contributed by atoms with Crippen LogP contribution in [0.2, 0.25) is 0 Å². The summed E-state index contributed by atoms with van der Waals surface area (Å²) in [5, 5.41) is 0. The van der Waals surface area contributed by atoms with Gasteiger partial charge in [0, 0.05) is 37.8 Å². The van der Waals surface area contributed by atoms with Crippen molar-refractivity contribution in [3.63, 3.8) is 0 Å². The van der Waals surface area contributed by atoms with Crippen LogP contribution in [-0.4, -0.2) is 57.5 Å². The first kappa shape index (κ1) is 20.2. The molecule has 1 unspecified atom stereocenters. The average Bonchev–Trinajstić information content (AvgIpc) is 3.42. The highest BCUT2D eigenvalue weighted by Gasteiger charge is 2.32. The molecule has 2 fully saturated rings. The molecule has 0 spiro atoms. The Balaban J connectivity index is 1.24. The Morgan fingerprint density at radius 2 is 1.94 bits per heavy atom. The number of nitrogens with zero attached hydrogens (tertiary/aromatic N) is 4. The number of imidazole rings is 1. The number of carbonyl (C=O) groups excluding carboxylic acids is 1. The molecule has 162 valence electrons. The minimum atomic E-state index is -0.270. The number of benzene rings is 2. The first-order chi connectivity index (χ1) is 15.1. The second kappa shape index (κ2) is 8.42. The summed E-state index contributed by atoms with van der Waals surface area (Å²) in [7, 11) is 0. The smallest absolute Gasteiger partial charge is 0.253 e. The Hall–Kier alpha value is -2.73. The number of fused-ring (bicyclic) bond motifs is 1. The molecule has 0 aliphatic carbocycles. The zero-order valence-electron chi connectivity index (χ0n) is 18.0. The Morgan fingerprint density at radius 3 is 2.74 bits per heavy atom. The maximum atomic E-state index is 14.2. The summed E-state index contributed by atoms with van der Waals surface area (Å²) < 4.78 is 16.0. The van der Waals surface area contributed by atoms with Gasteiger partial charge in [0.05, 0.1) is 11.8 Å². The third-order valence-corrected chi connectivity index (χ3v) is 6.80. The molecule has 0 saturated carbocycles. The van der Waals surface area contributed by atoms with Gasteiger partial charge in [-0.3, -0.25) is 9.69 Å². The topological polar surface area (TPSA) is 41.4 Å². The van der Waals surface area contributed by atoms with Gasteiger partial charge in [-0.15, -0.1) is 0 Å². The average molecular weight is 421 g/mol. The molecule has 1 aromatic heterocycles. The highest BCUT2D eigenvalue weighted by atomic mass is 19.1. The second-order valence-electron chi connectivity index (χ2n) is 9.11. The fourth-order valence-electron chi connectivity index (χ4n) is 5.12. The largest absolute Gasteiger partial charge is 0.337 e. The van der Waals surface area contributed by atoms with Crippen LogP contribution in [0.25, 0.3) is 11.0 Å². The minimum absolute atomic E-state index is 0.109. The van der Waals surface area contributed by atoms with E-state index in [4.69, 9.17) is 0 Å². The van der Waals surface area contributed by atoms with E-state index in [0.717, 1.165) is 49.6 Å². The lowest BCUT2D eigenvalue weighted by Crippen LogP contribution is -2.44. The van der Waals surface area contributed by atoms with E-state index in [0.29, 0.717) is 23.6 Å². The normalized spacial score (nSPS) is 22.3. The fourth-order valence-corrected chi connectivity index (χ4v) is 5.12. The van der Waals surface area contributed by atoms with Gasteiger partial charge in [-0.25, -0.2) is 9.37 Å². The highest BCUT2D eigenvalue weighted by Crippen LogP contribution is 2.24. The van der Waals surface area contributed by atoms with E-state index in [1.807, 2.05) is 39.8 Å². The molecule has 2 atom stereocenters. The van der Waals surface area contributed by atoms with Gasteiger partial charge in [0.1, 0.15) is 11.3 Å². The Kier molecular flexibility index (Phi) is 5.48. The van der Waals surface area contributed by atoms with E-state index in [9.17, 15) is 9.18 Å². The van der Waals surface area contributed by atoms with Crippen LogP contribution in [0.3, 0.4) is 0 Å². The van der Waals surface area contributed by atoms with Crippen molar-refractivity contribution >= 4 is 16.9 Å². The van der Waals surface area contributed by atoms with Crippen LogP contribution < -0.4 is 0 Å². The second-order valence-corrected chi connectivity index (χ2v) is 9.11. The SMILES string of the molecule is CC1CCCN([C@@H]2CCN(C(=O)c3ccc(Cn4cnc5cccc(F)c54)cc3)C2)C1. The predicted octanol–water partition coefficient (Wildman–Crippen LogP) is 4.17. The van der Waals surface area contributed by atoms with Crippen LogP contribution >= 0.6 is 0 Å². The summed E-state index contributed by atoms with van der Waals surface area (Å²) in [6.07, 6.45) is 5.32. The Labute approximate surface area is 182 Å². The number of para-hydroxylation sites is 1. The number of hydrogen-bond acceptors (Lipinski definition) is 3. The lowest BCUT2D eigenvalue weighted by atomic mass is 9.98. The van der Waals surface area contributed by atoms with E-state index in [-0.39, 0.29) is 11.7 Å². The van der Waals surface area contributed by atoms with Gasteiger partial charge in [0.2, 0.25) is 0 Å². The molecule has 0 bridgehead atoms. The van der Waals surface area contributed by atoms with Crippen molar-refractivity contribution in [2.45, 2.75) is 38.8 Å². The fraction of sp³-hybridized carbons (Fsp3) is 0.440. The number of carbonyl (C=O) groups is 1. The van der Waals surface area contributed by atoms with E-state index in [1.54, 1.807) is 12.4 Å². The monoisotopic (exact) mass is 420 g/mol. The number of halogens is 1. The molecule has 2 aliphatic rings. The van der Waals surface area contributed by atoms with Gasteiger partial charge in [-0.05, 0) is 61.6 Å². The van der Waals surface area contributed by atoms with Crippen molar-refractivity contribution in [2.75, 3.05) is 26.2 Å². The molecule has 6 heteroatoms. The number of hydrogen-bond donors (Lipinski definition) is 0. The van der Waals surface area contributed by atoms with Crippen LogP contribution in [0.4, 0.5) is 4.39 Å². The molecule has 2 aliphatic heterocycles. The molecule has 0 N–H and O–H groups in total. The summed E-state index contributed by atoms with van der Waals surface area (Å²) >= 11 is 0. The predicted molar refractivity (Wildman–Crippen MR) is 120 cm³/mol. The first-order valence-corrected chi connectivity index (χ1v) is 11.3. The Bertz CT molecular complexity index is 1080. The van der Waals surface area contributed by atoms with E-state index in [1.165, 1.54) is 18.9 Å². The Morgan fingerprint density at radius 1 is 1.10 bits per heavy atom. The molecule has 3 heterocycles. The van der Waals surface area contributed by atoms with Crippen LogP contribution in [0, 0.1) is 11.7 Å². The van der Waals surface area contributed by atoms with Crippen LogP contribution in [0.5, 0.6) is 0 Å². The molecule has 5 nitrogen and oxygen atoms in total. The molecule has 5 rings (SSSR count). The van der Waals surface area contributed by atoms with Crippen molar-refractivity contribution in [3.05, 3.63) is 65.7 Å². The van der Waals surface area contributed by atoms with Gasteiger partial charge in [-0.2, -0.15) is 0 Å². The number of likely N-dealkylation sites (tertiary alicyclic amines) is 2. The third kappa shape index (κ3) is 4.09. The summed E-state index contributed by atoms with van der Waals surface area (Å²) in [6, 6.07) is 13.1. The maximum Gasteiger partial charge on any atom is 0.253 e. The molecular weight excluding hydrogens is 391 g/mol. The lowest BCUT2D eigenvalue weighted by Gasteiger charge is -2.35. The van der Waals surface area contributed by atoms with Crippen LogP contribution in [0.1, 0.15) is 42.1 Å². The molecule has 1 amide bonds. The highest BCUT2D eigenvalue weighted by molar-refractivity contribution is 5.94. The van der Waals surface area contributed by atoms with E-state index in [2.05, 4.69) is 16.8 Å². The van der Waals surface area contributed by atoms with Gasteiger partial charge < -0.3 is 9.47 Å². The first-order valence-electron chi connectivity index (χ1n) is 11.3. The molecule has 2 aromatic carbocycles. The summed E-state index contributed by atoms with van der Waals surface area (Å²) in [5.74, 6) is 0.596. The summed E-state index contributed by atoms with van der Waals surface area (Å²) in [6.45, 7) is 6.82. The summed E-state index contributed by atoms with van der Waals surface area (Å²) in [4.78, 5) is 21.9. The zero-order chi connectivity index (χ0) is 21.4. The molecule has 2 saturated heterocycles. The van der Waals surface area contributed by atoms with Gasteiger partial charge in [0.25, 0.3) is 5.91 Å². The van der Waals surface area contributed by atoms with Crippen molar-refractivity contribution in [3.8, 4) is 0 Å². The van der Waals surface area contributed by atoms with Gasteiger partial charge in [-0.1, -0.05) is 25.1 Å². The van der Waals surface area contributed by atoms with E-state index >= 15 is 0 Å². The minimum Gasteiger partial charge on any atom is -0.337 e. The standard InChI is InChI=1S/C25H29FN4O/c1-18-4-3-12-28(14-18)21-11-13-29(16-21)25(31)20-9-7-19(8-10-20)15-30-17-27-23-6-2-5-22(26)24(23)30/h2,5-10,17-18,21H,3-4,11-16H2,1H3/t18?,21-/m1/s1. The number of rotatable bonds is 4. The van der Waals surface area contributed by atoms with Crippen LogP contribution in [-0.2, 0) is 6.54 Å². The van der Waals surface area contributed by atoms with E-state index < -0.39 is 0 Å². The zero-order valence-corrected chi connectivity index (χ0v) is 18.0. The number of aromatic nitrogens is 2. The third-order valence-electron chi connectivity index (χ3n) is 6.80. The summed E-state index contributed by atoms with van der Waals surface area (Å²) in [5.41, 5.74) is 2.90. The van der Waals surface area contributed by atoms with Gasteiger partial charge in [0.15, 0.2) is 0 Å². The quantitative estimate of drug-likeness (QED) is 0.636. The van der Waals surface area contributed by atoms with Gasteiger partial charge >= 0.3 is 0 Å². The molecular formula is C25H29FN4O. The molecule has 3 aromatic rings. The maximum absolute atomic E-state index is 14.2. The molecule has 31 heavy (non-hydrogen) atoms. The lowest BCUT2D eigenvalue weighted by molar-refractivity contribution is 0.0763. The number of piperidine rings is 1. The van der Waals surface area contributed by atoms with Crippen LogP contribution in [0.15, 0.2) is 48.8 Å². The van der Waals surface area contributed by atoms with Crippen molar-refractivity contribution in [2.24, 2.45) is 5.92 Å². The number of amides is 1. The van der Waals surface area contributed by atoms with Crippen molar-refractivity contribution < 1.29 is 9.18 Å². The van der Waals surface area contributed by atoms with Crippen molar-refractivity contribution in [1.82, 2.24) is 19.4 Å².